The Hall–Kier alpha value is -1.12. The maximum Gasteiger partial charge on any atom is 0.232 e. The largest absolute Gasteiger partial charge is 0.278 e. The Kier molecular flexibility index (Phi) is 4.06. The molecule has 15 heavy (non-hydrogen) atoms. The molecule has 0 aromatic heterocycles. The summed E-state index contributed by atoms with van der Waals surface area (Å²) in [5.41, 5.74) is 0. The fraction of sp³-hybridized carbons (Fsp3) is 0.667. The van der Waals surface area contributed by atoms with Gasteiger partial charge in [0.2, 0.25) is 11.8 Å². The van der Waals surface area contributed by atoms with Crippen molar-refractivity contribution in [1.82, 2.24) is 4.90 Å². The summed E-state index contributed by atoms with van der Waals surface area (Å²) in [4.78, 5) is 25.0. The van der Waals surface area contributed by atoms with E-state index in [2.05, 4.69) is 13.5 Å². The van der Waals surface area contributed by atoms with Crippen molar-refractivity contribution >= 4 is 11.8 Å². The van der Waals surface area contributed by atoms with Gasteiger partial charge in [-0.15, -0.1) is 6.58 Å². The van der Waals surface area contributed by atoms with Crippen LogP contribution in [0.15, 0.2) is 12.7 Å². The maximum absolute atomic E-state index is 11.9. The topological polar surface area (TPSA) is 37.4 Å². The lowest BCUT2D eigenvalue weighted by atomic mass is 9.86. The molecule has 0 unspecified atom stereocenters. The first kappa shape index (κ1) is 12.0. The highest BCUT2D eigenvalue weighted by atomic mass is 16.2. The SMILES string of the molecule is C=CCN1C(=O)[C@H](CCC)C[C@@H](C)C1=O. The minimum atomic E-state index is -0.0488. The molecule has 0 saturated carbocycles. The monoisotopic (exact) mass is 209 g/mol. The number of imide groups is 1. The van der Waals surface area contributed by atoms with Crippen molar-refractivity contribution in [2.24, 2.45) is 11.8 Å². The van der Waals surface area contributed by atoms with Crippen LogP contribution in [0.2, 0.25) is 0 Å². The first-order valence-corrected chi connectivity index (χ1v) is 5.57. The van der Waals surface area contributed by atoms with Gasteiger partial charge in [-0.2, -0.15) is 0 Å². The standard InChI is InChI=1S/C12H19NO2/c1-4-6-10-8-9(3)11(14)13(7-5-2)12(10)15/h5,9-10H,2,4,6-8H2,1,3H3/t9-,10-/m1/s1. The zero-order chi connectivity index (χ0) is 11.4. The first-order chi connectivity index (χ1) is 7.11. The lowest BCUT2D eigenvalue weighted by molar-refractivity contribution is -0.154. The maximum atomic E-state index is 11.9. The van der Waals surface area contributed by atoms with Gasteiger partial charge in [-0.3, -0.25) is 14.5 Å². The third-order valence-electron chi connectivity index (χ3n) is 2.89. The predicted molar refractivity (Wildman–Crippen MR) is 59.1 cm³/mol. The summed E-state index contributed by atoms with van der Waals surface area (Å²) >= 11 is 0. The second kappa shape index (κ2) is 5.10. The van der Waals surface area contributed by atoms with Crippen molar-refractivity contribution in [3.05, 3.63) is 12.7 Å². The Balaban J connectivity index is 2.78. The summed E-state index contributed by atoms with van der Waals surface area (Å²) < 4.78 is 0. The number of carbonyl (C=O) groups is 2. The van der Waals surface area contributed by atoms with Crippen LogP contribution in [0.3, 0.4) is 0 Å². The van der Waals surface area contributed by atoms with E-state index in [4.69, 9.17) is 0 Å². The van der Waals surface area contributed by atoms with Crippen LogP contribution in [-0.4, -0.2) is 23.3 Å². The minimum Gasteiger partial charge on any atom is -0.278 e. The molecule has 0 aliphatic carbocycles. The van der Waals surface area contributed by atoms with Crippen LogP contribution >= 0.6 is 0 Å². The predicted octanol–water partition coefficient (Wildman–Crippen LogP) is 1.98. The van der Waals surface area contributed by atoms with Crippen LogP contribution in [0.5, 0.6) is 0 Å². The van der Waals surface area contributed by atoms with Crippen LogP contribution in [0.1, 0.15) is 33.1 Å². The van der Waals surface area contributed by atoms with Crippen LogP contribution in [0.4, 0.5) is 0 Å². The number of hydrogen-bond acceptors (Lipinski definition) is 2. The van der Waals surface area contributed by atoms with E-state index in [1.54, 1.807) is 6.08 Å². The lowest BCUT2D eigenvalue weighted by Gasteiger charge is -2.33. The molecule has 1 aliphatic rings. The van der Waals surface area contributed by atoms with Crippen molar-refractivity contribution < 1.29 is 9.59 Å². The minimum absolute atomic E-state index is 0.0140. The quantitative estimate of drug-likeness (QED) is 0.524. The van der Waals surface area contributed by atoms with Crippen molar-refractivity contribution in [1.29, 1.82) is 0 Å². The summed E-state index contributed by atoms with van der Waals surface area (Å²) in [6.45, 7) is 7.88. The molecule has 0 aromatic carbocycles. The number of carbonyl (C=O) groups excluding carboxylic acids is 2. The molecule has 1 rings (SSSR count). The van der Waals surface area contributed by atoms with E-state index in [0.717, 1.165) is 12.8 Å². The smallest absolute Gasteiger partial charge is 0.232 e. The van der Waals surface area contributed by atoms with Gasteiger partial charge in [0.25, 0.3) is 0 Å². The van der Waals surface area contributed by atoms with Gasteiger partial charge in [-0.25, -0.2) is 0 Å². The van der Waals surface area contributed by atoms with E-state index < -0.39 is 0 Å². The fourth-order valence-corrected chi connectivity index (χ4v) is 2.12. The number of nitrogens with zero attached hydrogens (tertiary/aromatic N) is 1. The molecule has 0 radical (unpaired) electrons. The molecule has 2 amide bonds. The number of hydrogen-bond donors (Lipinski definition) is 0. The fourth-order valence-electron chi connectivity index (χ4n) is 2.12. The second-order valence-electron chi connectivity index (χ2n) is 4.20. The van der Waals surface area contributed by atoms with E-state index in [0.29, 0.717) is 13.0 Å². The van der Waals surface area contributed by atoms with Gasteiger partial charge in [-0.1, -0.05) is 26.3 Å². The molecule has 0 N–H and O–H groups in total. The first-order valence-electron chi connectivity index (χ1n) is 5.57. The highest BCUT2D eigenvalue weighted by molar-refractivity contribution is 5.99. The molecule has 2 atom stereocenters. The van der Waals surface area contributed by atoms with Crippen LogP contribution in [0, 0.1) is 11.8 Å². The molecule has 84 valence electrons. The third kappa shape index (κ3) is 2.46. The summed E-state index contributed by atoms with van der Waals surface area (Å²) in [5, 5.41) is 0. The zero-order valence-corrected chi connectivity index (χ0v) is 9.53. The molecule has 3 heteroatoms. The van der Waals surface area contributed by atoms with E-state index in [1.807, 2.05) is 6.92 Å². The van der Waals surface area contributed by atoms with E-state index >= 15 is 0 Å². The van der Waals surface area contributed by atoms with Crippen molar-refractivity contribution in [3.8, 4) is 0 Å². The van der Waals surface area contributed by atoms with Gasteiger partial charge in [-0.05, 0) is 12.8 Å². The van der Waals surface area contributed by atoms with Gasteiger partial charge in [0.15, 0.2) is 0 Å². The number of likely N-dealkylation sites (tertiary alicyclic amines) is 1. The molecule has 3 nitrogen and oxygen atoms in total. The van der Waals surface area contributed by atoms with Crippen LogP contribution in [-0.2, 0) is 9.59 Å². The van der Waals surface area contributed by atoms with Crippen LogP contribution < -0.4 is 0 Å². The van der Waals surface area contributed by atoms with Gasteiger partial charge in [0.05, 0.1) is 0 Å². The molecule has 1 aliphatic heterocycles. The second-order valence-corrected chi connectivity index (χ2v) is 4.20. The lowest BCUT2D eigenvalue weighted by Crippen LogP contribution is -2.48. The number of piperidine rings is 1. The van der Waals surface area contributed by atoms with E-state index in [1.165, 1.54) is 4.90 Å². The Morgan fingerprint density at radius 3 is 2.67 bits per heavy atom. The number of rotatable bonds is 4. The average Bonchev–Trinajstić information content (AvgIpc) is 2.21. The normalized spacial score (nSPS) is 26.9. The highest BCUT2D eigenvalue weighted by Gasteiger charge is 2.37. The van der Waals surface area contributed by atoms with Gasteiger partial charge in [0.1, 0.15) is 0 Å². The molecule has 0 bridgehead atoms. The summed E-state index contributed by atoms with van der Waals surface area (Å²) in [6.07, 6.45) is 4.18. The summed E-state index contributed by atoms with van der Waals surface area (Å²) in [6, 6.07) is 0. The Bertz CT molecular complexity index is 273. The number of amides is 2. The molecule has 0 aromatic rings. The molecular formula is C12H19NO2. The zero-order valence-electron chi connectivity index (χ0n) is 9.53. The van der Waals surface area contributed by atoms with Gasteiger partial charge in [0, 0.05) is 18.4 Å². The third-order valence-corrected chi connectivity index (χ3v) is 2.89. The van der Waals surface area contributed by atoms with Crippen molar-refractivity contribution in [2.45, 2.75) is 33.1 Å². The molecular weight excluding hydrogens is 190 g/mol. The summed E-state index contributed by atoms with van der Waals surface area (Å²) in [5.74, 6) is -0.0612. The highest BCUT2D eigenvalue weighted by Crippen LogP contribution is 2.27. The van der Waals surface area contributed by atoms with Crippen molar-refractivity contribution in [3.63, 3.8) is 0 Å². The van der Waals surface area contributed by atoms with E-state index in [-0.39, 0.29) is 23.7 Å². The van der Waals surface area contributed by atoms with Gasteiger partial charge < -0.3 is 0 Å². The molecule has 1 fully saturated rings. The van der Waals surface area contributed by atoms with E-state index in [9.17, 15) is 9.59 Å². The average molecular weight is 209 g/mol. The Morgan fingerprint density at radius 2 is 2.13 bits per heavy atom. The Morgan fingerprint density at radius 1 is 1.47 bits per heavy atom. The van der Waals surface area contributed by atoms with Crippen LogP contribution in [0.25, 0.3) is 0 Å². The van der Waals surface area contributed by atoms with Crippen molar-refractivity contribution in [2.75, 3.05) is 6.54 Å². The Labute approximate surface area is 91.1 Å². The molecule has 1 saturated heterocycles. The summed E-state index contributed by atoms with van der Waals surface area (Å²) in [7, 11) is 0. The molecule has 0 spiro atoms. The van der Waals surface area contributed by atoms with Gasteiger partial charge >= 0.3 is 0 Å². The molecule has 1 heterocycles.